The van der Waals surface area contributed by atoms with Crippen LogP contribution in [0.2, 0.25) is 0 Å². The molecule has 32 heavy (non-hydrogen) atoms. The molecule has 4 aromatic rings. The Kier molecular flexibility index (Phi) is 5.41. The van der Waals surface area contributed by atoms with Crippen molar-refractivity contribution in [1.29, 1.82) is 0 Å². The number of primary amides is 1. The van der Waals surface area contributed by atoms with Gasteiger partial charge in [-0.25, -0.2) is 4.68 Å². The van der Waals surface area contributed by atoms with Crippen LogP contribution in [0.4, 0.5) is 17.1 Å². The maximum absolute atomic E-state index is 13.1. The first kappa shape index (κ1) is 20.4. The predicted molar refractivity (Wildman–Crippen MR) is 118 cm³/mol. The number of aromatic amines is 1. The van der Waals surface area contributed by atoms with Crippen molar-refractivity contribution in [3.8, 4) is 16.9 Å². The SMILES string of the molecule is NC(=O)c1ccc(N=Nc2c(-c3ccccc3)[nH]n(-c3ccc([N+](=O)[O-])cc3)c2=O)cc1. The minimum atomic E-state index is -0.559. The Hall–Kier alpha value is -4.86. The predicted octanol–water partition coefficient (Wildman–Crippen LogP) is 4.26. The summed E-state index contributed by atoms with van der Waals surface area (Å²) in [5, 5.41) is 22.2. The van der Waals surface area contributed by atoms with Gasteiger partial charge in [-0.2, -0.15) is 5.11 Å². The number of aromatic nitrogens is 2. The molecule has 0 saturated heterocycles. The normalized spacial score (nSPS) is 11.0. The lowest BCUT2D eigenvalue weighted by molar-refractivity contribution is -0.384. The van der Waals surface area contributed by atoms with Crippen LogP contribution in [0, 0.1) is 10.1 Å². The highest BCUT2D eigenvalue weighted by Gasteiger charge is 2.17. The smallest absolute Gasteiger partial charge is 0.299 e. The van der Waals surface area contributed by atoms with E-state index in [1.807, 2.05) is 30.3 Å². The quantitative estimate of drug-likeness (QED) is 0.268. The lowest BCUT2D eigenvalue weighted by Gasteiger charge is -2.01. The second kappa shape index (κ2) is 8.48. The zero-order valence-corrected chi connectivity index (χ0v) is 16.5. The van der Waals surface area contributed by atoms with Crippen LogP contribution in [-0.2, 0) is 0 Å². The van der Waals surface area contributed by atoms with E-state index in [0.29, 0.717) is 28.2 Å². The number of benzene rings is 3. The van der Waals surface area contributed by atoms with Crippen LogP contribution >= 0.6 is 0 Å². The molecule has 1 amide bonds. The summed E-state index contributed by atoms with van der Waals surface area (Å²) in [7, 11) is 0. The third kappa shape index (κ3) is 4.05. The van der Waals surface area contributed by atoms with E-state index in [0.717, 1.165) is 0 Å². The van der Waals surface area contributed by atoms with Gasteiger partial charge in [0.15, 0.2) is 5.69 Å². The van der Waals surface area contributed by atoms with E-state index in [2.05, 4.69) is 15.3 Å². The summed E-state index contributed by atoms with van der Waals surface area (Å²) in [5.74, 6) is -0.559. The van der Waals surface area contributed by atoms with Crippen molar-refractivity contribution in [1.82, 2.24) is 9.78 Å². The zero-order chi connectivity index (χ0) is 22.7. The summed E-state index contributed by atoms with van der Waals surface area (Å²) in [6.45, 7) is 0. The molecule has 10 nitrogen and oxygen atoms in total. The summed E-state index contributed by atoms with van der Waals surface area (Å²) in [5.41, 5.74) is 7.05. The molecule has 0 aliphatic carbocycles. The molecule has 0 fully saturated rings. The topological polar surface area (TPSA) is 149 Å². The summed E-state index contributed by atoms with van der Waals surface area (Å²) < 4.78 is 1.25. The third-order valence-electron chi connectivity index (χ3n) is 4.66. The number of hydrogen-bond donors (Lipinski definition) is 2. The number of nitrogens with zero attached hydrogens (tertiary/aromatic N) is 4. The van der Waals surface area contributed by atoms with Crippen molar-refractivity contribution in [3.63, 3.8) is 0 Å². The van der Waals surface area contributed by atoms with Crippen molar-refractivity contribution < 1.29 is 9.72 Å². The van der Waals surface area contributed by atoms with E-state index in [9.17, 15) is 19.7 Å². The number of H-pyrrole nitrogens is 1. The number of nitro groups is 1. The molecule has 4 rings (SSSR count). The molecule has 0 atom stereocenters. The second-order valence-corrected chi connectivity index (χ2v) is 6.73. The first-order valence-electron chi connectivity index (χ1n) is 9.41. The van der Waals surface area contributed by atoms with Gasteiger partial charge in [0, 0.05) is 23.3 Å². The van der Waals surface area contributed by atoms with Gasteiger partial charge >= 0.3 is 0 Å². The summed E-state index contributed by atoms with van der Waals surface area (Å²) in [6.07, 6.45) is 0. The number of azo groups is 1. The van der Waals surface area contributed by atoms with E-state index in [1.54, 1.807) is 12.1 Å². The standard InChI is InChI=1S/C22H16N6O4/c23-21(29)15-6-8-16(9-7-15)24-25-20-19(14-4-2-1-3-5-14)26-27(22(20)30)17-10-12-18(13-11-17)28(31)32/h1-13,26H,(H2,23,29). The Labute approximate surface area is 180 Å². The van der Waals surface area contributed by atoms with Gasteiger partial charge in [0.2, 0.25) is 5.91 Å². The van der Waals surface area contributed by atoms with E-state index in [4.69, 9.17) is 5.73 Å². The van der Waals surface area contributed by atoms with Crippen LogP contribution in [-0.4, -0.2) is 20.6 Å². The van der Waals surface area contributed by atoms with Gasteiger partial charge in [0.1, 0.15) is 0 Å². The highest BCUT2D eigenvalue weighted by molar-refractivity contribution is 5.93. The minimum absolute atomic E-state index is 0.0635. The maximum atomic E-state index is 13.1. The van der Waals surface area contributed by atoms with Crippen LogP contribution in [0.25, 0.3) is 16.9 Å². The van der Waals surface area contributed by atoms with Crippen LogP contribution in [0.3, 0.4) is 0 Å². The molecular weight excluding hydrogens is 412 g/mol. The second-order valence-electron chi connectivity index (χ2n) is 6.73. The Balaban J connectivity index is 1.79. The Bertz CT molecular complexity index is 1370. The molecule has 158 valence electrons. The van der Waals surface area contributed by atoms with Crippen LogP contribution in [0.5, 0.6) is 0 Å². The number of nitro benzene ring substituents is 1. The fourth-order valence-corrected chi connectivity index (χ4v) is 3.03. The molecule has 0 aliphatic rings. The summed E-state index contributed by atoms with van der Waals surface area (Å²) >= 11 is 0. The molecule has 0 spiro atoms. The molecule has 3 aromatic carbocycles. The van der Waals surface area contributed by atoms with Gasteiger partial charge in [0.25, 0.3) is 11.2 Å². The van der Waals surface area contributed by atoms with Gasteiger partial charge in [-0.3, -0.25) is 24.8 Å². The number of rotatable bonds is 6. The fraction of sp³-hybridized carbons (Fsp3) is 0. The van der Waals surface area contributed by atoms with E-state index in [1.165, 1.54) is 41.1 Å². The van der Waals surface area contributed by atoms with Gasteiger partial charge in [-0.05, 0) is 36.4 Å². The molecule has 1 heterocycles. The molecule has 0 aliphatic heterocycles. The molecule has 0 bridgehead atoms. The van der Waals surface area contributed by atoms with E-state index in [-0.39, 0.29) is 11.4 Å². The van der Waals surface area contributed by atoms with Crippen molar-refractivity contribution >= 4 is 23.0 Å². The number of amides is 1. The molecule has 1 aromatic heterocycles. The zero-order valence-electron chi connectivity index (χ0n) is 16.5. The minimum Gasteiger partial charge on any atom is -0.366 e. The number of nitrogens with one attached hydrogen (secondary N) is 1. The molecule has 0 radical (unpaired) electrons. The van der Waals surface area contributed by atoms with Crippen molar-refractivity contribution in [3.05, 3.63) is 105 Å². The van der Waals surface area contributed by atoms with Crippen molar-refractivity contribution in [2.24, 2.45) is 16.0 Å². The lowest BCUT2D eigenvalue weighted by atomic mass is 10.1. The summed E-state index contributed by atoms with van der Waals surface area (Å²) in [6, 6.07) is 20.8. The number of nitrogens with two attached hydrogens (primary N) is 1. The van der Waals surface area contributed by atoms with E-state index < -0.39 is 16.4 Å². The van der Waals surface area contributed by atoms with Crippen LogP contribution < -0.4 is 11.3 Å². The average molecular weight is 428 g/mol. The summed E-state index contributed by atoms with van der Waals surface area (Å²) in [4.78, 5) is 34.7. The molecule has 10 heteroatoms. The van der Waals surface area contributed by atoms with Crippen LogP contribution in [0.15, 0.2) is 93.9 Å². The largest absolute Gasteiger partial charge is 0.366 e. The monoisotopic (exact) mass is 428 g/mol. The van der Waals surface area contributed by atoms with Gasteiger partial charge in [0.05, 0.1) is 22.0 Å². The van der Waals surface area contributed by atoms with Gasteiger partial charge < -0.3 is 5.73 Å². The Morgan fingerprint density at radius 1 is 0.938 bits per heavy atom. The first-order chi connectivity index (χ1) is 15.4. The Morgan fingerprint density at radius 2 is 1.59 bits per heavy atom. The highest BCUT2D eigenvalue weighted by atomic mass is 16.6. The van der Waals surface area contributed by atoms with Crippen LogP contribution in [0.1, 0.15) is 10.4 Å². The number of carbonyl (C=O) groups excluding carboxylic acids is 1. The van der Waals surface area contributed by atoms with Gasteiger partial charge in [-0.1, -0.05) is 30.3 Å². The van der Waals surface area contributed by atoms with Crippen molar-refractivity contribution in [2.45, 2.75) is 0 Å². The van der Waals surface area contributed by atoms with Gasteiger partial charge in [-0.15, -0.1) is 5.11 Å². The number of non-ortho nitro benzene ring substituents is 1. The van der Waals surface area contributed by atoms with Crippen molar-refractivity contribution in [2.75, 3.05) is 0 Å². The highest BCUT2D eigenvalue weighted by Crippen LogP contribution is 2.28. The third-order valence-corrected chi connectivity index (χ3v) is 4.66. The molecule has 0 unspecified atom stereocenters. The lowest BCUT2D eigenvalue weighted by Crippen LogP contribution is -2.13. The average Bonchev–Trinajstić information content (AvgIpc) is 3.14. The molecule has 0 saturated carbocycles. The Morgan fingerprint density at radius 3 is 2.19 bits per heavy atom. The molecular formula is C22H16N6O4. The number of carbonyl (C=O) groups is 1. The molecule has 3 N–H and O–H groups in total. The number of hydrogen-bond acceptors (Lipinski definition) is 6. The first-order valence-corrected chi connectivity index (χ1v) is 9.41. The fourth-order valence-electron chi connectivity index (χ4n) is 3.03. The maximum Gasteiger partial charge on any atom is 0.299 e. The van der Waals surface area contributed by atoms with E-state index >= 15 is 0 Å².